The minimum atomic E-state index is -0.201. The van der Waals surface area contributed by atoms with E-state index in [1.165, 1.54) is 17.5 Å². The van der Waals surface area contributed by atoms with Crippen molar-refractivity contribution in [3.8, 4) is 0 Å². The normalized spacial score (nSPS) is 26.5. The first-order valence-corrected chi connectivity index (χ1v) is 7.71. The molecule has 0 aromatic carbocycles. The number of aromatic nitrogens is 2. The summed E-state index contributed by atoms with van der Waals surface area (Å²) < 4.78 is 1.52. The molecule has 0 amide bonds. The lowest BCUT2D eigenvalue weighted by Crippen LogP contribution is -2.33. The van der Waals surface area contributed by atoms with Gasteiger partial charge in [0, 0.05) is 12.6 Å². The van der Waals surface area contributed by atoms with Crippen molar-refractivity contribution < 1.29 is 5.11 Å². The molecule has 1 aromatic heterocycles. The van der Waals surface area contributed by atoms with E-state index in [1.54, 1.807) is 6.20 Å². The number of hydrogen-bond donors (Lipinski definition) is 2. The van der Waals surface area contributed by atoms with Gasteiger partial charge in [-0.15, -0.1) is 0 Å². The lowest BCUT2D eigenvalue weighted by molar-refractivity contribution is 0.126. The average molecular weight is 298 g/mol. The Morgan fingerprint density at radius 2 is 2.00 bits per heavy atom. The first kappa shape index (κ1) is 13.9. The summed E-state index contributed by atoms with van der Waals surface area (Å²) in [5.74, 6) is 0.596. The Balaban J connectivity index is 1.75. The number of hydrogen-bond acceptors (Lipinski definition) is 4. The lowest BCUT2D eigenvalue weighted by atomic mass is 9.93. The molecule has 20 heavy (non-hydrogen) atoms. The largest absolute Gasteiger partial charge is 0.393 e. The van der Waals surface area contributed by atoms with Crippen LogP contribution in [0.4, 0.5) is 5.69 Å². The molecule has 6 heteroatoms. The van der Waals surface area contributed by atoms with Gasteiger partial charge in [-0.2, -0.15) is 5.10 Å². The molecule has 0 bridgehead atoms. The summed E-state index contributed by atoms with van der Waals surface area (Å²) in [6.45, 7) is 0.689. The highest BCUT2D eigenvalue weighted by atomic mass is 35.5. The van der Waals surface area contributed by atoms with Gasteiger partial charge in [-0.1, -0.05) is 11.6 Å². The summed E-state index contributed by atoms with van der Waals surface area (Å²) in [6.07, 6.45) is 6.98. The van der Waals surface area contributed by atoms with E-state index < -0.39 is 0 Å². The van der Waals surface area contributed by atoms with E-state index in [0.717, 1.165) is 25.7 Å². The third-order valence-electron chi connectivity index (χ3n) is 4.17. The van der Waals surface area contributed by atoms with E-state index in [2.05, 4.69) is 10.4 Å². The van der Waals surface area contributed by atoms with E-state index in [4.69, 9.17) is 11.6 Å². The molecule has 2 saturated carbocycles. The van der Waals surface area contributed by atoms with Gasteiger partial charge in [0.25, 0.3) is 5.56 Å². The fraction of sp³-hybridized carbons (Fsp3) is 0.714. The summed E-state index contributed by atoms with van der Waals surface area (Å²) in [6, 6.07) is 0.209. The molecule has 2 aliphatic rings. The van der Waals surface area contributed by atoms with Gasteiger partial charge < -0.3 is 10.4 Å². The molecule has 110 valence electrons. The monoisotopic (exact) mass is 297 g/mol. The lowest BCUT2D eigenvalue weighted by Gasteiger charge is -2.27. The van der Waals surface area contributed by atoms with Crippen LogP contribution in [-0.4, -0.2) is 27.0 Å². The van der Waals surface area contributed by atoms with Gasteiger partial charge in [0.1, 0.15) is 5.69 Å². The molecule has 2 N–H and O–H groups in total. The molecule has 5 nitrogen and oxygen atoms in total. The van der Waals surface area contributed by atoms with Gasteiger partial charge in [-0.3, -0.25) is 4.79 Å². The number of nitrogens with zero attached hydrogens (tertiary/aromatic N) is 2. The van der Waals surface area contributed by atoms with Crippen LogP contribution in [0, 0.1) is 5.92 Å². The highest BCUT2D eigenvalue weighted by Crippen LogP contribution is 2.30. The Labute approximate surface area is 122 Å². The molecule has 0 unspecified atom stereocenters. The second kappa shape index (κ2) is 5.74. The van der Waals surface area contributed by atoms with E-state index in [-0.39, 0.29) is 17.7 Å². The fourth-order valence-electron chi connectivity index (χ4n) is 2.70. The van der Waals surface area contributed by atoms with Gasteiger partial charge in [-0.25, -0.2) is 4.68 Å². The van der Waals surface area contributed by atoms with Crippen molar-refractivity contribution in [2.24, 2.45) is 5.92 Å². The molecule has 2 aliphatic carbocycles. The Hall–Kier alpha value is -1.07. The molecule has 0 saturated heterocycles. The summed E-state index contributed by atoms with van der Waals surface area (Å²) in [7, 11) is 0. The first-order chi connectivity index (χ1) is 9.63. The number of aliphatic hydroxyl groups is 1. The predicted molar refractivity (Wildman–Crippen MR) is 78.1 cm³/mol. The van der Waals surface area contributed by atoms with Crippen LogP contribution < -0.4 is 10.9 Å². The predicted octanol–water partition coefficient (Wildman–Crippen LogP) is 2.02. The summed E-state index contributed by atoms with van der Waals surface area (Å²) in [4.78, 5) is 12.4. The van der Waals surface area contributed by atoms with E-state index in [9.17, 15) is 9.90 Å². The molecule has 1 heterocycles. The maximum Gasteiger partial charge on any atom is 0.291 e. The second-order valence-electron chi connectivity index (χ2n) is 5.95. The van der Waals surface area contributed by atoms with Crippen LogP contribution in [0.1, 0.15) is 38.5 Å². The van der Waals surface area contributed by atoms with Crippen molar-refractivity contribution in [1.29, 1.82) is 0 Å². The molecule has 2 fully saturated rings. The number of anilines is 1. The molecule has 1 aromatic rings. The number of rotatable bonds is 4. The zero-order valence-corrected chi connectivity index (χ0v) is 12.1. The van der Waals surface area contributed by atoms with Crippen molar-refractivity contribution >= 4 is 17.3 Å². The quantitative estimate of drug-likeness (QED) is 0.892. The van der Waals surface area contributed by atoms with Crippen LogP contribution in [0.3, 0.4) is 0 Å². The minimum Gasteiger partial charge on any atom is -0.393 e. The average Bonchev–Trinajstić information content (AvgIpc) is 3.24. The molecule has 0 radical (unpaired) electrons. The van der Waals surface area contributed by atoms with Crippen LogP contribution >= 0.6 is 11.6 Å². The summed E-state index contributed by atoms with van der Waals surface area (Å²) in [5, 5.41) is 17.3. The van der Waals surface area contributed by atoms with E-state index in [0.29, 0.717) is 23.2 Å². The molecule has 0 spiro atoms. The van der Waals surface area contributed by atoms with E-state index >= 15 is 0 Å². The maximum atomic E-state index is 12.4. The Bertz CT molecular complexity index is 534. The molecule has 0 aliphatic heterocycles. The van der Waals surface area contributed by atoms with Gasteiger partial charge in [0.15, 0.2) is 0 Å². The molecular weight excluding hydrogens is 278 g/mol. The van der Waals surface area contributed by atoms with E-state index in [1.807, 2.05) is 0 Å². The third-order valence-corrected chi connectivity index (χ3v) is 4.46. The maximum absolute atomic E-state index is 12.4. The van der Waals surface area contributed by atoms with Crippen LogP contribution in [0.25, 0.3) is 0 Å². The standard InChI is InChI=1S/C14H20ClN3O2/c15-12-7-16-18(8-9-1-2-9)14(20)13(12)17-10-3-5-11(19)6-4-10/h7,9-11,17,19H,1-6,8H2. The highest BCUT2D eigenvalue weighted by molar-refractivity contribution is 6.33. The molecule has 3 rings (SSSR count). The van der Waals surface area contributed by atoms with Gasteiger partial charge in [0.05, 0.1) is 17.3 Å². The zero-order valence-electron chi connectivity index (χ0n) is 11.4. The van der Waals surface area contributed by atoms with Crippen LogP contribution in [0.15, 0.2) is 11.0 Å². The van der Waals surface area contributed by atoms with Crippen LogP contribution in [0.5, 0.6) is 0 Å². The second-order valence-corrected chi connectivity index (χ2v) is 6.36. The minimum absolute atomic E-state index is 0.129. The number of halogens is 1. The SMILES string of the molecule is O=c1c(NC2CCC(O)CC2)c(Cl)cnn1CC1CC1. The molecule has 0 atom stereocenters. The van der Waals surface area contributed by atoms with Crippen molar-refractivity contribution in [3.63, 3.8) is 0 Å². The summed E-state index contributed by atoms with van der Waals surface area (Å²) in [5.41, 5.74) is 0.333. The summed E-state index contributed by atoms with van der Waals surface area (Å²) >= 11 is 6.11. The van der Waals surface area contributed by atoms with Gasteiger partial charge >= 0.3 is 0 Å². The third kappa shape index (κ3) is 3.15. The van der Waals surface area contributed by atoms with Gasteiger partial charge in [-0.05, 0) is 44.4 Å². The van der Waals surface area contributed by atoms with Crippen LogP contribution in [0.2, 0.25) is 5.02 Å². The smallest absolute Gasteiger partial charge is 0.291 e. The topological polar surface area (TPSA) is 67.2 Å². The van der Waals surface area contributed by atoms with Crippen molar-refractivity contribution in [2.75, 3.05) is 5.32 Å². The molecular formula is C14H20ClN3O2. The van der Waals surface area contributed by atoms with Gasteiger partial charge in [0.2, 0.25) is 0 Å². The van der Waals surface area contributed by atoms with Crippen molar-refractivity contribution in [2.45, 2.75) is 57.2 Å². The Morgan fingerprint density at radius 3 is 2.65 bits per heavy atom. The van der Waals surface area contributed by atoms with Crippen molar-refractivity contribution in [1.82, 2.24) is 9.78 Å². The fourth-order valence-corrected chi connectivity index (χ4v) is 2.88. The van der Waals surface area contributed by atoms with Crippen molar-refractivity contribution in [3.05, 3.63) is 21.6 Å². The Morgan fingerprint density at radius 1 is 1.30 bits per heavy atom. The van der Waals surface area contributed by atoms with Crippen LogP contribution in [-0.2, 0) is 6.54 Å². The highest BCUT2D eigenvalue weighted by Gasteiger charge is 2.25. The zero-order chi connectivity index (χ0) is 14.1. The first-order valence-electron chi connectivity index (χ1n) is 7.33. The Kier molecular flexibility index (Phi) is 3.98. The number of aliphatic hydroxyl groups excluding tert-OH is 1. The number of nitrogens with one attached hydrogen (secondary N) is 1.